The largest absolute Gasteiger partial charge is 0.488 e. The van der Waals surface area contributed by atoms with Crippen molar-refractivity contribution in [2.24, 2.45) is 5.92 Å². The van der Waals surface area contributed by atoms with Gasteiger partial charge in [-0.1, -0.05) is 38.1 Å². The first-order valence-corrected chi connectivity index (χ1v) is 15.3. The standard InChI is InChI=1S/C35H42N4O5/c1-22(2)17-23-7-9-24(10-8-23)21-43-30-12-11-26(18-28(30)33(40)42-6)31-37-29-19-27(20-36-32(29)38-31)25-13-15-39(16-14-25)34(41)44-35(3,4)5/h7-12,18-20,22,25H,13-17,21H2,1-6H3,(H,36,37,38). The number of benzene rings is 2. The van der Waals surface area contributed by atoms with Gasteiger partial charge in [-0.05, 0) is 92.8 Å². The first kappa shape index (κ1) is 31.0. The zero-order valence-electron chi connectivity index (χ0n) is 26.5. The van der Waals surface area contributed by atoms with Crippen LogP contribution in [0, 0.1) is 5.92 Å². The van der Waals surface area contributed by atoms with Crippen LogP contribution in [0.3, 0.4) is 0 Å². The molecule has 5 rings (SSSR count). The van der Waals surface area contributed by atoms with Crippen molar-refractivity contribution < 1.29 is 23.8 Å². The van der Waals surface area contributed by atoms with Crippen molar-refractivity contribution in [3.8, 4) is 17.1 Å². The highest BCUT2D eigenvalue weighted by Crippen LogP contribution is 2.32. The molecule has 0 unspecified atom stereocenters. The van der Waals surface area contributed by atoms with Crippen LogP contribution in [0.1, 0.15) is 80.4 Å². The molecule has 4 aromatic rings. The van der Waals surface area contributed by atoms with Gasteiger partial charge < -0.3 is 24.1 Å². The quantitative estimate of drug-likeness (QED) is 0.212. The number of piperidine rings is 1. The minimum Gasteiger partial charge on any atom is -0.488 e. The molecule has 0 radical (unpaired) electrons. The van der Waals surface area contributed by atoms with Gasteiger partial charge in [-0.2, -0.15) is 0 Å². The number of methoxy groups -OCH3 is 1. The Hall–Kier alpha value is -4.40. The Bertz CT molecular complexity index is 1610. The molecule has 2 aromatic heterocycles. The average molecular weight is 599 g/mol. The van der Waals surface area contributed by atoms with Crippen LogP contribution < -0.4 is 4.74 Å². The molecule has 1 saturated heterocycles. The topological polar surface area (TPSA) is 107 Å². The lowest BCUT2D eigenvalue weighted by Crippen LogP contribution is -2.41. The van der Waals surface area contributed by atoms with Crippen molar-refractivity contribution in [3.05, 3.63) is 77.0 Å². The van der Waals surface area contributed by atoms with Gasteiger partial charge in [0, 0.05) is 24.8 Å². The highest BCUT2D eigenvalue weighted by Gasteiger charge is 2.28. The Morgan fingerprint density at radius 3 is 2.39 bits per heavy atom. The van der Waals surface area contributed by atoms with Crippen molar-refractivity contribution >= 4 is 23.2 Å². The van der Waals surface area contributed by atoms with Gasteiger partial charge in [0.05, 0.1) is 12.6 Å². The molecule has 1 aliphatic heterocycles. The Labute approximate surface area is 258 Å². The maximum absolute atomic E-state index is 12.7. The predicted octanol–water partition coefficient (Wildman–Crippen LogP) is 7.30. The van der Waals surface area contributed by atoms with Crippen molar-refractivity contribution in [3.63, 3.8) is 0 Å². The molecule has 1 fully saturated rings. The molecular formula is C35H42N4O5. The summed E-state index contributed by atoms with van der Waals surface area (Å²) in [5, 5.41) is 0. The summed E-state index contributed by atoms with van der Waals surface area (Å²) < 4.78 is 16.7. The van der Waals surface area contributed by atoms with E-state index in [0.29, 0.717) is 48.4 Å². The lowest BCUT2D eigenvalue weighted by atomic mass is 9.90. The Kier molecular flexibility index (Phi) is 9.22. The van der Waals surface area contributed by atoms with Crippen LogP contribution in [-0.4, -0.2) is 57.7 Å². The second-order valence-corrected chi connectivity index (χ2v) is 12.9. The molecule has 0 spiro atoms. The molecule has 44 heavy (non-hydrogen) atoms. The number of ether oxygens (including phenoxy) is 3. The fraction of sp³-hybridized carbons (Fsp3) is 0.429. The third-order valence-corrected chi connectivity index (χ3v) is 7.70. The number of amides is 1. The Morgan fingerprint density at radius 1 is 1.02 bits per heavy atom. The number of esters is 1. The van der Waals surface area contributed by atoms with Crippen LogP contribution in [0.25, 0.3) is 22.6 Å². The minimum absolute atomic E-state index is 0.263. The monoisotopic (exact) mass is 598 g/mol. The maximum atomic E-state index is 12.7. The summed E-state index contributed by atoms with van der Waals surface area (Å²) >= 11 is 0. The van der Waals surface area contributed by atoms with Crippen LogP contribution in [-0.2, 0) is 22.5 Å². The summed E-state index contributed by atoms with van der Waals surface area (Å²) in [6.07, 6.45) is 4.30. The number of aromatic nitrogens is 3. The molecule has 9 heteroatoms. The van der Waals surface area contributed by atoms with E-state index in [4.69, 9.17) is 14.2 Å². The number of likely N-dealkylation sites (tertiary alicyclic amines) is 1. The summed E-state index contributed by atoms with van der Waals surface area (Å²) in [7, 11) is 1.36. The smallest absolute Gasteiger partial charge is 0.410 e. The summed E-state index contributed by atoms with van der Waals surface area (Å²) in [6, 6.07) is 15.8. The van der Waals surface area contributed by atoms with Crippen molar-refractivity contribution in [1.29, 1.82) is 0 Å². The highest BCUT2D eigenvalue weighted by molar-refractivity contribution is 5.94. The second-order valence-electron chi connectivity index (χ2n) is 12.9. The molecule has 0 atom stereocenters. The van der Waals surface area contributed by atoms with E-state index in [1.807, 2.05) is 33.0 Å². The van der Waals surface area contributed by atoms with Gasteiger partial charge in [-0.15, -0.1) is 0 Å². The molecule has 9 nitrogen and oxygen atoms in total. The number of hydrogen-bond acceptors (Lipinski definition) is 7. The number of imidazole rings is 1. The molecule has 232 valence electrons. The van der Waals surface area contributed by atoms with Gasteiger partial charge in [0.1, 0.15) is 29.3 Å². The summed E-state index contributed by atoms with van der Waals surface area (Å²) in [4.78, 5) is 39.6. The zero-order valence-corrected chi connectivity index (χ0v) is 26.5. The van der Waals surface area contributed by atoms with Gasteiger partial charge in [0.25, 0.3) is 0 Å². The number of hydrogen-bond donors (Lipinski definition) is 1. The maximum Gasteiger partial charge on any atom is 0.410 e. The fourth-order valence-corrected chi connectivity index (χ4v) is 5.47. The van der Waals surface area contributed by atoms with Crippen LogP contribution in [0.15, 0.2) is 54.7 Å². The van der Waals surface area contributed by atoms with Crippen LogP contribution >= 0.6 is 0 Å². The highest BCUT2D eigenvalue weighted by atomic mass is 16.6. The van der Waals surface area contributed by atoms with Gasteiger partial charge in [0.15, 0.2) is 5.65 Å². The fourth-order valence-electron chi connectivity index (χ4n) is 5.47. The van der Waals surface area contributed by atoms with Crippen molar-refractivity contribution in [2.45, 2.75) is 72.0 Å². The number of H-pyrrole nitrogens is 1. The van der Waals surface area contributed by atoms with Gasteiger partial charge in [-0.25, -0.2) is 19.6 Å². The molecule has 3 heterocycles. The molecule has 1 N–H and O–H groups in total. The van der Waals surface area contributed by atoms with Gasteiger partial charge >= 0.3 is 12.1 Å². The van der Waals surface area contributed by atoms with E-state index >= 15 is 0 Å². The molecule has 1 amide bonds. The number of rotatable bonds is 8. The van der Waals surface area contributed by atoms with E-state index in [1.165, 1.54) is 12.7 Å². The number of nitrogens with one attached hydrogen (secondary N) is 1. The number of carbonyl (C=O) groups is 2. The first-order chi connectivity index (χ1) is 21.0. The van der Waals surface area contributed by atoms with E-state index in [2.05, 4.69) is 59.1 Å². The van der Waals surface area contributed by atoms with Gasteiger partial charge in [-0.3, -0.25) is 0 Å². The Morgan fingerprint density at radius 2 is 1.73 bits per heavy atom. The van der Waals surface area contributed by atoms with Crippen LogP contribution in [0.4, 0.5) is 4.79 Å². The molecule has 0 bridgehead atoms. The Balaban J connectivity index is 1.29. The molecule has 0 aliphatic carbocycles. The van der Waals surface area contributed by atoms with Crippen LogP contribution in [0.2, 0.25) is 0 Å². The second kappa shape index (κ2) is 13.1. The molecular weight excluding hydrogens is 556 g/mol. The van der Waals surface area contributed by atoms with E-state index in [0.717, 1.165) is 41.5 Å². The summed E-state index contributed by atoms with van der Waals surface area (Å²) in [5.41, 5.74) is 5.36. The van der Waals surface area contributed by atoms with Crippen LogP contribution in [0.5, 0.6) is 5.75 Å². The SMILES string of the molecule is COC(=O)c1cc(-c2nc3ncc(C4CCN(C(=O)OC(C)(C)C)CC4)cc3[nH]2)ccc1OCc1ccc(CC(C)C)cc1. The molecule has 2 aromatic carbocycles. The number of nitrogens with zero attached hydrogens (tertiary/aromatic N) is 3. The van der Waals surface area contributed by atoms with Gasteiger partial charge in [0.2, 0.25) is 0 Å². The van der Waals surface area contributed by atoms with Crippen molar-refractivity contribution in [2.75, 3.05) is 20.2 Å². The van der Waals surface area contributed by atoms with Crippen molar-refractivity contribution in [1.82, 2.24) is 19.9 Å². The predicted molar refractivity (Wildman–Crippen MR) is 170 cm³/mol. The minimum atomic E-state index is -0.508. The number of fused-ring (bicyclic) bond motifs is 1. The molecule has 1 aliphatic rings. The van der Waals surface area contributed by atoms with E-state index < -0.39 is 11.6 Å². The first-order valence-electron chi connectivity index (χ1n) is 15.3. The summed E-state index contributed by atoms with van der Waals surface area (Å²) in [6.45, 7) is 11.7. The number of aromatic amines is 1. The van der Waals surface area contributed by atoms with E-state index in [1.54, 1.807) is 17.0 Å². The third kappa shape index (κ3) is 7.56. The number of pyridine rings is 1. The molecule has 0 saturated carbocycles. The third-order valence-electron chi connectivity index (χ3n) is 7.70. The summed E-state index contributed by atoms with van der Waals surface area (Å²) in [5.74, 6) is 1.44. The average Bonchev–Trinajstić information content (AvgIpc) is 3.43. The zero-order chi connectivity index (χ0) is 31.4. The lowest BCUT2D eigenvalue weighted by molar-refractivity contribution is 0.0204. The normalized spacial score (nSPS) is 14.2. The van der Waals surface area contributed by atoms with E-state index in [9.17, 15) is 9.59 Å². The number of carbonyl (C=O) groups excluding carboxylic acids is 2. The lowest BCUT2D eigenvalue weighted by Gasteiger charge is -2.33. The van der Waals surface area contributed by atoms with E-state index in [-0.39, 0.29) is 12.0 Å².